The monoisotopic (exact) mass is 225 g/mol. The molecule has 1 atom stereocenters. The molecule has 1 aliphatic rings. The molecular weight excluding hydrogens is 210 g/mol. The first-order valence-corrected chi connectivity index (χ1v) is 6.01. The summed E-state index contributed by atoms with van der Waals surface area (Å²) in [5, 5.41) is 3.54. The Morgan fingerprint density at radius 3 is 2.53 bits per heavy atom. The molecule has 0 bridgehead atoms. The fourth-order valence-corrected chi connectivity index (χ4v) is 2.24. The summed E-state index contributed by atoms with van der Waals surface area (Å²) in [6.07, 6.45) is 1.04. The summed E-state index contributed by atoms with van der Waals surface area (Å²) in [7, 11) is 0. The molecule has 0 amide bonds. The zero-order chi connectivity index (χ0) is 11.7. The summed E-state index contributed by atoms with van der Waals surface area (Å²) in [5.41, 5.74) is 2.29. The van der Waals surface area contributed by atoms with E-state index >= 15 is 0 Å². The normalized spacial score (nSPS) is 17.1. The zero-order valence-corrected chi connectivity index (χ0v) is 9.81. The first-order chi connectivity index (χ1) is 8.38. The van der Waals surface area contributed by atoms with Crippen molar-refractivity contribution in [3.8, 4) is 11.5 Å². The van der Waals surface area contributed by atoms with E-state index in [4.69, 9.17) is 4.74 Å². The number of fused-ring (bicyclic) bond motifs is 2. The van der Waals surface area contributed by atoms with Crippen molar-refractivity contribution in [2.75, 3.05) is 5.32 Å². The van der Waals surface area contributed by atoms with E-state index < -0.39 is 0 Å². The van der Waals surface area contributed by atoms with Crippen molar-refractivity contribution in [3.05, 3.63) is 54.1 Å². The fraction of sp³-hybridized carbons (Fsp3) is 0.200. The van der Waals surface area contributed by atoms with Crippen LogP contribution in [0.4, 0.5) is 5.69 Å². The van der Waals surface area contributed by atoms with Gasteiger partial charge in [-0.25, -0.2) is 0 Å². The van der Waals surface area contributed by atoms with Gasteiger partial charge in [0.2, 0.25) is 0 Å². The highest BCUT2D eigenvalue weighted by molar-refractivity contribution is 5.61. The molecule has 0 saturated carbocycles. The largest absolute Gasteiger partial charge is 0.455 e. The minimum absolute atomic E-state index is 0.315. The second kappa shape index (κ2) is 4.13. The quantitative estimate of drug-likeness (QED) is 0.778. The molecule has 1 aliphatic heterocycles. The molecule has 86 valence electrons. The average molecular weight is 225 g/mol. The summed E-state index contributed by atoms with van der Waals surface area (Å²) >= 11 is 0. The van der Waals surface area contributed by atoms with Gasteiger partial charge in [-0.1, -0.05) is 37.3 Å². The lowest BCUT2D eigenvalue weighted by molar-refractivity contribution is 0.481. The first kappa shape index (κ1) is 10.2. The Kier molecular flexibility index (Phi) is 2.48. The molecule has 2 heteroatoms. The smallest absolute Gasteiger partial charge is 0.150 e. The first-order valence-electron chi connectivity index (χ1n) is 6.01. The van der Waals surface area contributed by atoms with Crippen LogP contribution < -0.4 is 10.1 Å². The Morgan fingerprint density at radius 1 is 1.00 bits per heavy atom. The van der Waals surface area contributed by atoms with Crippen LogP contribution in [-0.2, 0) is 0 Å². The van der Waals surface area contributed by atoms with Crippen molar-refractivity contribution in [1.82, 2.24) is 0 Å². The maximum absolute atomic E-state index is 5.97. The topological polar surface area (TPSA) is 21.3 Å². The Labute approximate surface area is 101 Å². The predicted molar refractivity (Wildman–Crippen MR) is 69.6 cm³/mol. The van der Waals surface area contributed by atoms with Crippen LogP contribution in [0, 0.1) is 0 Å². The number of rotatable bonds is 1. The third-order valence-corrected chi connectivity index (χ3v) is 3.14. The maximum Gasteiger partial charge on any atom is 0.150 e. The number of benzene rings is 2. The number of anilines is 1. The van der Waals surface area contributed by atoms with Crippen molar-refractivity contribution in [3.63, 3.8) is 0 Å². The highest BCUT2D eigenvalue weighted by Gasteiger charge is 2.20. The van der Waals surface area contributed by atoms with Gasteiger partial charge in [0.1, 0.15) is 5.75 Å². The molecule has 1 unspecified atom stereocenters. The third kappa shape index (κ3) is 1.76. The van der Waals surface area contributed by atoms with E-state index in [1.54, 1.807) is 0 Å². The van der Waals surface area contributed by atoms with Gasteiger partial charge in [-0.3, -0.25) is 0 Å². The molecular formula is C15H15NO. The zero-order valence-electron chi connectivity index (χ0n) is 9.81. The van der Waals surface area contributed by atoms with E-state index in [9.17, 15) is 0 Å². The van der Waals surface area contributed by atoms with E-state index in [1.807, 2.05) is 30.3 Å². The second-order valence-electron chi connectivity index (χ2n) is 4.24. The van der Waals surface area contributed by atoms with Crippen molar-refractivity contribution in [2.24, 2.45) is 0 Å². The summed E-state index contributed by atoms with van der Waals surface area (Å²) in [4.78, 5) is 0. The van der Waals surface area contributed by atoms with Gasteiger partial charge in [0, 0.05) is 5.56 Å². The highest BCUT2D eigenvalue weighted by Crippen LogP contribution is 2.40. The van der Waals surface area contributed by atoms with Crippen LogP contribution in [0.3, 0.4) is 0 Å². The Bertz CT molecular complexity index is 536. The molecule has 2 aromatic rings. The van der Waals surface area contributed by atoms with E-state index in [1.165, 1.54) is 5.56 Å². The number of nitrogens with one attached hydrogen (secondary N) is 1. The molecule has 1 heterocycles. The molecule has 0 aliphatic carbocycles. The van der Waals surface area contributed by atoms with Crippen LogP contribution in [-0.4, -0.2) is 0 Å². The van der Waals surface area contributed by atoms with Gasteiger partial charge < -0.3 is 10.1 Å². The minimum atomic E-state index is 0.315. The molecule has 0 radical (unpaired) electrons. The predicted octanol–water partition coefficient (Wildman–Crippen LogP) is 4.36. The number of ether oxygens (including phenoxy) is 1. The van der Waals surface area contributed by atoms with E-state index in [2.05, 4.69) is 30.4 Å². The summed E-state index contributed by atoms with van der Waals surface area (Å²) in [6.45, 7) is 2.18. The Hall–Kier alpha value is -1.96. The molecule has 2 nitrogen and oxygen atoms in total. The van der Waals surface area contributed by atoms with Crippen molar-refractivity contribution in [1.29, 1.82) is 0 Å². The van der Waals surface area contributed by atoms with Gasteiger partial charge in [0.05, 0.1) is 11.7 Å². The molecule has 0 spiro atoms. The van der Waals surface area contributed by atoms with Gasteiger partial charge in [0.15, 0.2) is 5.75 Å². The molecule has 0 saturated heterocycles. The van der Waals surface area contributed by atoms with Gasteiger partial charge in [0.25, 0.3) is 0 Å². The number of hydrogen-bond donors (Lipinski definition) is 1. The second-order valence-corrected chi connectivity index (χ2v) is 4.24. The van der Waals surface area contributed by atoms with Crippen LogP contribution in [0.15, 0.2) is 48.5 Å². The molecule has 1 N–H and O–H groups in total. The minimum Gasteiger partial charge on any atom is -0.455 e. The Balaban J connectivity index is 2.13. The number of hydrogen-bond acceptors (Lipinski definition) is 2. The van der Waals surface area contributed by atoms with Crippen LogP contribution in [0.2, 0.25) is 0 Å². The van der Waals surface area contributed by atoms with Gasteiger partial charge >= 0.3 is 0 Å². The lowest BCUT2D eigenvalue weighted by Crippen LogP contribution is -2.07. The van der Waals surface area contributed by atoms with E-state index in [0.717, 1.165) is 23.6 Å². The third-order valence-electron chi connectivity index (χ3n) is 3.14. The lowest BCUT2D eigenvalue weighted by Gasteiger charge is -2.16. The van der Waals surface area contributed by atoms with E-state index in [-0.39, 0.29) is 0 Å². The summed E-state index contributed by atoms with van der Waals surface area (Å²) in [6, 6.07) is 16.6. The standard InChI is InChI=1S/C15H15NO/c1-2-12-11-7-3-5-9-14(11)17-15-10-6-4-8-13(15)16-12/h3-10,12,16H,2H2,1H3. The van der Waals surface area contributed by atoms with Crippen LogP contribution in [0.1, 0.15) is 24.9 Å². The van der Waals surface area contributed by atoms with Crippen LogP contribution in [0.5, 0.6) is 11.5 Å². The highest BCUT2D eigenvalue weighted by atomic mass is 16.5. The number of para-hydroxylation sites is 3. The summed E-state index contributed by atoms with van der Waals surface area (Å²) in [5.74, 6) is 1.85. The lowest BCUT2D eigenvalue weighted by atomic mass is 10.0. The summed E-state index contributed by atoms with van der Waals surface area (Å²) < 4.78 is 5.97. The molecule has 2 aromatic carbocycles. The van der Waals surface area contributed by atoms with Crippen molar-refractivity contribution < 1.29 is 4.74 Å². The van der Waals surface area contributed by atoms with Crippen LogP contribution >= 0.6 is 0 Å². The molecule has 0 fully saturated rings. The average Bonchev–Trinajstić information content (AvgIpc) is 2.54. The van der Waals surface area contributed by atoms with Gasteiger partial charge in [-0.05, 0) is 24.6 Å². The molecule has 17 heavy (non-hydrogen) atoms. The molecule has 3 rings (SSSR count). The molecule has 0 aromatic heterocycles. The van der Waals surface area contributed by atoms with Crippen LogP contribution in [0.25, 0.3) is 0 Å². The maximum atomic E-state index is 5.97. The van der Waals surface area contributed by atoms with Gasteiger partial charge in [-0.2, -0.15) is 0 Å². The fourth-order valence-electron chi connectivity index (χ4n) is 2.24. The van der Waals surface area contributed by atoms with Crippen molar-refractivity contribution in [2.45, 2.75) is 19.4 Å². The van der Waals surface area contributed by atoms with Crippen molar-refractivity contribution >= 4 is 5.69 Å². The van der Waals surface area contributed by atoms with Gasteiger partial charge in [-0.15, -0.1) is 0 Å². The SMILES string of the molecule is CCC1Nc2ccccc2Oc2ccccc21. The Morgan fingerprint density at radius 2 is 1.71 bits per heavy atom. The van der Waals surface area contributed by atoms with E-state index in [0.29, 0.717) is 6.04 Å².